The van der Waals surface area contributed by atoms with Gasteiger partial charge >= 0.3 is 0 Å². The van der Waals surface area contributed by atoms with Gasteiger partial charge in [-0.15, -0.1) is 0 Å². The molecule has 4 rings (SSSR count). The zero-order valence-corrected chi connectivity index (χ0v) is 14.8. The number of fused-ring (bicyclic) bond motifs is 1. The average Bonchev–Trinajstić information content (AvgIpc) is 3.20. The highest BCUT2D eigenvalue weighted by atomic mass is 16.5. The van der Waals surface area contributed by atoms with Crippen molar-refractivity contribution in [3.63, 3.8) is 0 Å². The van der Waals surface area contributed by atoms with Crippen LogP contribution in [0.5, 0.6) is 5.75 Å². The van der Waals surface area contributed by atoms with Gasteiger partial charge in [-0.2, -0.15) is 5.26 Å². The summed E-state index contributed by atoms with van der Waals surface area (Å²) < 4.78 is 5.92. The van der Waals surface area contributed by atoms with Gasteiger partial charge in [0.05, 0.1) is 17.1 Å². The van der Waals surface area contributed by atoms with Crippen LogP contribution in [0.3, 0.4) is 0 Å². The Kier molecular flexibility index (Phi) is 4.40. The van der Waals surface area contributed by atoms with Crippen molar-refractivity contribution in [1.29, 1.82) is 5.26 Å². The van der Waals surface area contributed by atoms with Crippen LogP contribution in [0.1, 0.15) is 29.8 Å². The SMILES string of the molecule is Cc1nc(N2CCCC2)c2ccc(OCc3ccccc3C#N)cc2n1. The molecule has 26 heavy (non-hydrogen) atoms. The van der Waals surface area contributed by atoms with Gasteiger partial charge in [0.15, 0.2) is 0 Å². The van der Waals surface area contributed by atoms with Gasteiger partial charge in [-0.25, -0.2) is 9.97 Å². The van der Waals surface area contributed by atoms with Crippen LogP contribution in [0.2, 0.25) is 0 Å². The first-order valence-corrected chi connectivity index (χ1v) is 8.89. The van der Waals surface area contributed by atoms with Crippen LogP contribution in [0, 0.1) is 18.3 Å². The number of rotatable bonds is 4. The average molecular weight is 344 g/mol. The summed E-state index contributed by atoms with van der Waals surface area (Å²) in [5.41, 5.74) is 2.42. The zero-order valence-electron chi connectivity index (χ0n) is 14.8. The van der Waals surface area contributed by atoms with Crippen LogP contribution in [-0.4, -0.2) is 23.1 Å². The maximum atomic E-state index is 9.19. The van der Waals surface area contributed by atoms with E-state index in [0.29, 0.717) is 12.2 Å². The Morgan fingerprint density at radius 2 is 1.92 bits per heavy atom. The highest BCUT2D eigenvalue weighted by Gasteiger charge is 2.17. The largest absolute Gasteiger partial charge is 0.489 e. The molecule has 5 heteroatoms. The van der Waals surface area contributed by atoms with Crippen LogP contribution < -0.4 is 9.64 Å². The summed E-state index contributed by atoms with van der Waals surface area (Å²) in [7, 11) is 0. The Bertz CT molecular complexity index is 987. The molecule has 1 aromatic heterocycles. The molecule has 1 aliphatic heterocycles. The van der Waals surface area contributed by atoms with Gasteiger partial charge in [0.25, 0.3) is 0 Å². The van der Waals surface area contributed by atoms with E-state index in [1.54, 1.807) is 6.07 Å². The van der Waals surface area contributed by atoms with E-state index < -0.39 is 0 Å². The summed E-state index contributed by atoms with van der Waals surface area (Å²) >= 11 is 0. The molecule has 2 aromatic carbocycles. The van der Waals surface area contributed by atoms with E-state index in [-0.39, 0.29) is 0 Å². The van der Waals surface area contributed by atoms with E-state index in [1.165, 1.54) is 12.8 Å². The number of aryl methyl sites for hydroxylation is 1. The quantitative estimate of drug-likeness (QED) is 0.716. The van der Waals surface area contributed by atoms with Crippen molar-refractivity contribution < 1.29 is 4.74 Å². The number of hydrogen-bond acceptors (Lipinski definition) is 5. The van der Waals surface area contributed by atoms with Gasteiger partial charge in [-0.3, -0.25) is 0 Å². The first-order chi connectivity index (χ1) is 12.7. The molecule has 0 bridgehead atoms. The van der Waals surface area contributed by atoms with Crippen LogP contribution in [0.25, 0.3) is 10.9 Å². The van der Waals surface area contributed by atoms with E-state index in [9.17, 15) is 5.26 Å². The molecule has 0 aliphatic carbocycles. The molecule has 3 aromatic rings. The number of anilines is 1. The Morgan fingerprint density at radius 1 is 1.12 bits per heavy atom. The lowest BCUT2D eigenvalue weighted by Gasteiger charge is -2.19. The van der Waals surface area contributed by atoms with Crippen LogP contribution in [0.15, 0.2) is 42.5 Å². The van der Waals surface area contributed by atoms with Gasteiger partial charge < -0.3 is 9.64 Å². The van der Waals surface area contributed by atoms with Gasteiger partial charge in [-0.05, 0) is 38.0 Å². The topological polar surface area (TPSA) is 62.0 Å². The van der Waals surface area contributed by atoms with E-state index in [0.717, 1.165) is 46.9 Å². The first kappa shape index (κ1) is 16.3. The molecule has 1 saturated heterocycles. The number of aromatic nitrogens is 2. The third kappa shape index (κ3) is 3.18. The normalized spacial score (nSPS) is 13.8. The molecule has 0 radical (unpaired) electrons. The standard InChI is InChI=1S/C21H20N4O/c1-15-23-20-12-18(26-14-17-7-3-2-6-16(17)13-22)8-9-19(20)21(24-15)25-10-4-5-11-25/h2-3,6-9,12H,4-5,10-11,14H2,1H3. The summed E-state index contributed by atoms with van der Waals surface area (Å²) in [6, 6.07) is 15.6. The minimum Gasteiger partial charge on any atom is -0.489 e. The van der Waals surface area contributed by atoms with Crippen molar-refractivity contribution in [2.45, 2.75) is 26.4 Å². The monoisotopic (exact) mass is 344 g/mol. The molecule has 1 aliphatic rings. The van der Waals surface area contributed by atoms with Crippen molar-refractivity contribution in [3.05, 3.63) is 59.4 Å². The maximum Gasteiger partial charge on any atom is 0.140 e. The van der Waals surface area contributed by atoms with Crippen LogP contribution in [-0.2, 0) is 6.61 Å². The predicted molar refractivity (Wildman–Crippen MR) is 101 cm³/mol. The number of benzene rings is 2. The Morgan fingerprint density at radius 3 is 2.73 bits per heavy atom. The molecule has 0 atom stereocenters. The predicted octanol–water partition coefficient (Wildman–Crippen LogP) is 3.99. The molecule has 130 valence electrons. The molecule has 0 spiro atoms. The third-order valence-corrected chi connectivity index (χ3v) is 4.70. The maximum absolute atomic E-state index is 9.19. The fourth-order valence-electron chi connectivity index (χ4n) is 3.38. The number of nitrogens with zero attached hydrogens (tertiary/aromatic N) is 4. The second kappa shape index (κ2) is 7.01. The molecular weight excluding hydrogens is 324 g/mol. The highest BCUT2D eigenvalue weighted by molar-refractivity contribution is 5.90. The Balaban J connectivity index is 1.62. The molecule has 0 amide bonds. The summed E-state index contributed by atoms with van der Waals surface area (Å²) in [5, 5.41) is 10.3. The number of nitriles is 1. The third-order valence-electron chi connectivity index (χ3n) is 4.70. The van der Waals surface area contributed by atoms with Crippen LogP contribution in [0.4, 0.5) is 5.82 Å². The fraction of sp³-hybridized carbons (Fsp3) is 0.286. The summed E-state index contributed by atoms with van der Waals surface area (Å²) in [4.78, 5) is 11.6. The van der Waals surface area contributed by atoms with Crippen molar-refractivity contribution in [2.24, 2.45) is 0 Å². The molecule has 0 N–H and O–H groups in total. The highest BCUT2D eigenvalue weighted by Crippen LogP contribution is 2.29. The van der Waals surface area contributed by atoms with Crippen LogP contribution >= 0.6 is 0 Å². The molecule has 5 nitrogen and oxygen atoms in total. The van der Waals surface area contributed by atoms with Gasteiger partial charge in [-0.1, -0.05) is 18.2 Å². The van der Waals surface area contributed by atoms with E-state index in [2.05, 4.69) is 20.9 Å². The fourth-order valence-corrected chi connectivity index (χ4v) is 3.38. The zero-order chi connectivity index (χ0) is 17.9. The molecule has 2 heterocycles. The Hall–Kier alpha value is -3.13. The second-order valence-electron chi connectivity index (χ2n) is 6.53. The lowest BCUT2D eigenvalue weighted by atomic mass is 10.1. The van der Waals surface area contributed by atoms with Gasteiger partial charge in [0.1, 0.15) is 24.0 Å². The van der Waals surface area contributed by atoms with E-state index in [4.69, 9.17) is 4.74 Å². The van der Waals surface area contributed by atoms with E-state index in [1.807, 2.05) is 43.3 Å². The number of hydrogen-bond donors (Lipinski definition) is 0. The van der Waals surface area contributed by atoms with Crippen molar-refractivity contribution >= 4 is 16.7 Å². The Labute approximate surface area is 152 Å². The minimum absolute atomic E-state index is 0.359. The van der Waals surface area contributed by atoms with Crippen molar-refractivity contribution in [1.82, 2.24) is 9.97 Å². The molecule has 1 fully saturated rings. The van der Waals surface area contributed by atoms with Crippen molar-refractivity contribution in [2.75, 3.05) is 18.0 Å². The lowest BCUT2D eigenvalue weighted by molar-refractivity contribution is 0.306. The van der Waals surface area contributed by atoms with Crippen molar-refractivity contribution in [3.8, 4) is 11.8 Å². The molecule has 0 unspecified atom stereocenters. The van der Waals surface area contributed by atoms with E-state index >= 15 is 0 Å². The molecule has 0 saturated carbocycles. The first-order valence-electron chi connectivity index (χ1n) is 8.89. The number of ether oxygens (including phenoxy) is 1. The minimum atomic E-state index is 0.359. The second-order valence-corrected chi connectivity index (χ2v) is 6.53. The summed E-state index contributed by atoms with van der Waals surface area (Å²) in [5.74, 6) is 2.54. The summed E-state index contributed by atoms with van der Waals surface area (Å²) in [6.07, 6.45) is 2.42. The summed E-state index contributed by atoms with van der Waals surface area (Å²) in [6.45, 7) is 4.39. The molecular formula is C21H20N4O. The van der Waals surface area contributed by atoms with Gasteiger partial charge in [0.2, 0.25) is 0 Å². The lowest BCUT2D eigenvalue weighted by Crippen LogP contribution is -2.20. The van der Waals surface area contributed by atoms with Gasteiger partial charge in [0, 0.05) is 30.1 Å². The smallest absolute Gasteiger partial charge is 0.140 e.